The Labute approximate surface area is 132 Å². The van der Waals surface area contributed by atoms with Gasteiger partial charge in [0.15, 0.2) is 0 Å². The van der Waals surface area contributed by atoms with E-state index >= 15 is 0 Å². The zero-order valence-electron chi connectivity index (χ0n) is 12.2. The maximum absolute atomic E-state index is 12.8. The summed E-state index contributed by atoms with van der Waals surface area (Å²) >= 11 is 0. The number of H-pyrrole nitrogens is 1. The number of hydrogen-bond acceptors (Lipinski definition) is 2. The van der Waals surface area contributed by atoms with Crippen LogP contribution in [-0.2, 0) is 4.79 Å². The number of aromatic nitrogens is 1. The third kappa shape index (κ3) is 2.09. The normalized spacial score (nSPS) is 16.5. The van der Waals surface area contributed by atoms with Gasteiger partial charge in [0, 0.05) is 23.1 Å². The van der Waals surface area contributed by atoms with Crippen LogP contribution in [0.1, 0.15) is 22.0 Å². The summed E-state index contributed by atoms with van der Waals surface area (Å²) in [6, 6.07) is 16.6. The molecule has 5 heteroatoms. The number of para-hydroxylation sites is 2. The van der Waals surface area contributed by atoms with Crippen LogP contribution in [0.25, 0.3) is 10.9 Å². The lowest BCUT2D eigenvalue weighted by molar-refractivity contribution is -0.138. The van der Waals surface area contributed by atoms with Crippen molar-refractivity contribution >= 4 is 28.5 Å². The topological polar surface area (TPSA) is 73.4 Å². The van der Waals surface area contributed by atoms with E-state index in [0.717, 1.165) is 10.9 Å². The molecule has 114 valence electrons. The highest BCUT2D eigenvalue weighted by Crippen LogP contribution is 2.37. The molecule has 0 saturated carbocycles. The van der Waals surface area contributed by atoms with Crippen LogP contribution in [0.5, 0.6) is 0 Å². The fraction of sp³-hybridized carbons (Fsp3) is 0.111. The highest BCUT2D eigenvalue weighted by atomic mass is 16.4. The molecule has 23 heavy (non-hydrogen) atoms. The molecule has 1 aromatic heterocycles. The Hall–Kier alpha value is -3.08. The molecule has 0 bridgehead atoms. The molecule has 2 N–H and O–H groups in total. The van der Waals surface area contributed by atoms with Crippen molar-refractivity contribution in [1.82, 2.24) is 4.98 Å². The van der Waals surface area contributed by atoms with E-state index in [9.17, 15) is 14.7 Å². The fourth-order valence-corrected chi connectivity index (χ4v) is 3.14. The van der Waals surface area contributed by atoms with Gasteiger partial charge in [-0.05, 0) is 23.8 Å². The standard InChI is InChI=1S/C18H14N2O3/c21-17(15-9-11-5-1-3-7-14(11)19-15)20-10-13(18(22)23)12-6-2-4-8-16(12)20/h1-9,13,19H,10H2,(H,22,23)/t13-/m0/s1. The lowest BCUT2D eigenvalue weighted by Crippen LogP contribution is -2.31. The number of hydrogen-bond donors (Lipinski definition) is 2. The van der Waals surface area contributed by atoms with E-state index in [1.807, 2.05) is 30.3 Å². The van der Waals surface area contributed by atoms with E-state index in [-0.39, 0.29) is 12.5 Å². The van der Waals surface area contributed by atoms with Crippen LogP contribution in [0.3, 0.4) is 0 Å². The first-order chi connectivity index (χ1) is 11.1. The Morgan fingerprint density at radius 1 is 1.09 bits per heavy atom. The highest BCUT2D eigenvalue weighted by Gasteiger charge is 2.36. The summed E-state index contributed by atoms with van der Waals surface area (Å²) in [7, 11) is 0. The number of nitrogens with zero attached hydrogens (tertiary/aromatic N) is 1. The number of nitrogens with one attached hydrogen (secondary N) is 1. The van der Waals surface area contributed by atoms with Crippen molar-refractivity contribution in [2.24, 2.45) is 0 Å². The molecule has 1 amide bonds. The molecule has 0 radical (unpaired) electrons. The second kappa shape index (κ2) is 4.98. The summed E-state index contributed by atoms with van der Waals surface area (Å²) in [6.45, 7) is 0.156. The number of fused-ring (bicyclic) bond motifs is 2. The molecule has 5 nitrogen and oxygen atoms in total. The molecule has 1 atom stereocenters. The average molecular weight is 306 g/mol. The second-order valence-electron chi connectivity index (χ2n) is 5.64. The van der Waals surface area contributed by atoms with Gasteiger partial charge in [0.05, 0.1) is 0 Å². The van der Waals surface area contributed by atoms with Crippen molar-refractivity contribution in [2.45, 2.75) is 5.92 Å². The van der Waals surface area contributed by atoms with Gasteiger partial charge < -0.3 is 15.0 Å². The van der Waals surface area contributed by atoms with Crippen molar-refractivity contribution < 1.29 is 14.7 Å². The highest BCUT2D eigenvalue weighted by molar-refractivity contribution is 6.09. The smallest absolute Gasteiger partial charge is 0.312 e. The van der Waals surface area contributed by atoms with E-state index in [2.05, 4.69) is 4.98 Å². The van der Waals surface area contributed by atoms with E-state index in [0.29, 0.717) is 16.9 Å². The Bertz CT molecular complexity index is 896. The largest absolute Gasteiger partial charge is 0.481 e. The van der Waals surface area contributed by atoms with E-state index in [1.54, 1.807) is 29.2 Å². The first kappa shape index (κ1) is 13.6. The van der Waals surface area contributed by atoms with Crippen LogP contribution in [0.2, 0.25) is 0 Å². The molecule has 0 unspecified atom stereocenters. The van der Waals surface area contributed by atoms with Crippen molar-refractivity contribution in [3.63, 3.8) is 0 Å². The van der Waals surface area contributed by atoms with Crippen LogP contribution in [-0.4, -0.2) is 28.5 Å². The number of rotatable bonds is 2. The molecular formula is C18H14N2O3. The summed E-state index contributed by atoms with van der Waals surface area (Å²) in [5, 5.41) is 10.4. The lowest BCUT2D eigenvalue weighted by atomic mass is 10.0. The van der Waals surface area contributed by atoms with Gasteiger partial charge in [0.25, 0.3) is 5.91 Å². The third-order valence-corrected chi connectivity index (χ3v) is 4.27. The first-order valence-electron chi connectivity index (χ1n) is 7.36. The minimum Gasteiger partial charge on any atom is -0.481 e. The fourth-order valence-electron chi connectivity index (χ4n) is 3.14. The monoisotopic (exact) mass is 306 g/mol. The number of aliphatic carboxylic acids is 1. The Morgan fingerprint density at radius 3 is 2.61 bits per heavy atom. The lowest BCUT2D eigenvalue weighted by Gasteiger charge is -2.16. The van der Waals surface area contributed by atoms with Crippen molar-refractivity contribution in [3.05, 3.63) is 65.9 Å². The maximum atomic E-state index is 12.8. The number of carboxylic acids is 1. The van der Waals surface area contributed by atoms with Gasteiger partial charge >= 0.3 is 5.97 Å². The van der Waals surface area contributed by atoms with Gasteiger partial charge in [-0.2, -0.15) is 0 Å². The Morgan fingerprint density at radius 2 is 1.83 bits per heavy atom. The van der Waals surface area contributed by atoms with Crippen LogP contribution < -0.4 is 4.90 Å². The van der Waals surface area contributed by atoms with Gasteiger partial charge in [0.2, 0.25) is 0 Å². The maximum Gasteiger partial charge on any atom is 0.312 e. The quantitative estimate of drug-likeness (QED) is 0.764. The van der Waals surface area contributed by atoms with Gasteiger partial charge in [-0.1, -0.05) is 36.4 Å². The molecule has 2 heterocycles. The molecule has 2 aromatic carbocycles. The zero-order chi connectivity index (χ0) is 16.0. The predicted molar refractivity (Wildman–Crippen MR) is 86.8 cm³/mol. The minimum atomic E-state index is -0.913. The molecule has 0 fully saturated rings. The van der Waals surface area contributed by atoms with Gasteiger partial charge in [-0.15, -0.1) is 0 Å². The molecule has 0 spiro atoms. The van der Waals surface area contributed by atoms with Crippen molar-refractivity contribution in [3.8, 4) is 0 Å². The van der Waals surface area contributed by atoms with E-state index in [1.165, 1.54) is 0 Å². The molecule has 0 saturated heterocycles. The Kier molecular flexibility index (Phi) is 2.94. The second-order valence-corrected chi connectivity index (χ2v) is 5.64. The summed E-state index contributed by atoms with van der Waals surface area (Å²) in [5.74, 6) is -1.80. The SMILES string of the molecule is O=C(O)[C@H]1CN(C(=O)c2cc3ccccc3[nH]2)c2ccccc21. The summed E-state index contributed by atoms with van der Waals surface area (Å²) in [6.07, 6.45) is 0. The molecule has 1 aliphatic rings. The van der Waals surface area contributed by atoms with Crippen molar-refractivity contribution in [1.29, 1.82) is 0 Å². The first-order valence-corrected chi connectivity index (χ1v) is 7.36. The summed E-state index contributed by atoms with van der Waals surface area (Å²) < 4.78 is 0. The number of benzene rings is 2. The number of carbonyl (C=O) groups excluding carboxylic acids is 1. The number of aromatic amines is 1. The van der Waals surface area contributed by atoms with E-state index < -0.39 is 11.9 Å². The van der Waals surface area contributed by atoms with Gasteiger partial charge in [-0.3, -0.25) is 9.59 Å². The van der Waals surface area contributed by atoms with Crippen LogP contribution >= 0.6 is 0 Å². The predicted octanol–water partition coefficient (Wildman–Crippen LogP) is 3.00. The zero-order valence-corrected chi connectivity index (χ0v) is 12.2. The number of anilines is 1. The van der Waals surface area contributed by atoms with Crippen LogP contribution in [0, 0.1) is 0 Å². The average Bonchev–Trinajstić information content (AvgIpc) is 3.16. The van der Waals surface area contributed by atoms with E-state index in [4.69, 9.17) is 0 Å². The molecule has 0 aliphatic carbocycles. The van der Waals surface area contributed by atoms with Gasteiger partial charge in [-0.25, -0.2) is 0 Å². The number of carbonyl (C=O) groups is 2. The van der Waals surface area contributed by atoms with Crippen LogP contribution in [0.4, 0.5) is 5.69 Å². The molecule has 3 aromatic rings. The molecule has 4 rings (SSSR count). The summed E-state index contributed by atoms with van der Waals surface area (Å²) in [5.41, 5.74) is 2.71. The van der Waals surface area contributed by atoms with Crippen LogP contribution in [0.15, 0.2) is 54.6 Å². The molecule has 1 aliphatic heterocycles. The third-order valence-electron chi connectivity index (χ3n) is 4.27. The minimum absolute atomic E-state index is 0.156. The van der Waals surface area contributed by atoms with Crippen molar-refractivity contribution in [2.75, 3.05) is 11.4 Å². The number of amides is 1. The Balaban J connectivity index is 1.75. The summed E-state index contributed by atoms with van der Waals surface area (Å²) in [4.78, 5) is 29.0. The van der Waals surface area contributed by atoms with Gasteiger partial charge in [0.1, 0.15) is 11.6 Å². The number of carboxylic acid groups (broad SMARTS) is 1. The molecular weight excluding hydrogens is 292 g/mol.